The summed E-state index contributed by atoms with van der Waals surface area (Å²) in [6.07, 6.45) is 0. The van der Waals surface area contributed by atoms with Crippen molar-refractivity contribution in [1.82, 2.24) is 5.32 Å². The molecule has 0 aromatic heterocycles. The Balaban J connectivity index is 1.69. The van der Waals surface area contributed by atoms with E-state index in [9.17, 15) is 13.6 Å². The fourth-order valence-corrected chi connectivity index (χ4v) is 4.01. The number of amides is 1. The van der Waals surface area contributed by atoms with Crippen molar-refractivity contribution in [2.45, 2.75) is 33.0 Å². The van der Waals surface area contributed by atoms with Gasteiger partial charge in [-0.2, -0.15) is 8.78 Å². The number of aryl methyl sites for hydroxylation is 1. The summed E-state index contributed by atoms with van der Waals surface area (Å²) in [6.45, 7) is 1.65. The lowest BCUT2D eigenvalue weighted by Gasteiger charge is -2.19. The number of hydrogen-bond acceptors (Lipinski definition) is 4. The van der Waals surface area contributed by atoms with Crippen molar-refractivity contribution in [2.75, 3.05) is 6.54 Å². The molecule has 0 saturated heterocycles. The number of aliphatic imine (C=N–C) groups is 1. The summed E-state index contributed by atoms with van der Waals surface area (Å²) in [6, 6.07) is 17.7. The van der Waals surface area contributed by atoms with E-state index in [-0.39, 0.29) is 17.9 Å². The van der Waals surface area contributed by atoms with Gasteiger partial charge < -0.3 is 15.8 Å². The Morgan fingerprint density at radius 3 is 2.58 bits per heavy atom. The molecule has 1 aliphatic heterocycles. The van der Waals surface area contributed by atoms with Crippen molar-refractivity contribution < 1.29 is 18.3 Å². The molecule has 1 aliphatic rings. The molecule has 0 aliphatic carbocycles. The Bertz CT molecular complexity index is 1220. The maximum atomic E-state index is 13.2. The molecule has 0 saturated carbocycles. The van der Waals surface area contributed by atoms with Gasteiger partial charge in [-0.1, -0.05) is 48.0 Å². The van der Waals surface area contributed by atoms with Crippen molar-refractivity contribution >= 4 is 11.6 Å². The minimum absolute atomic E-state index is 0.0183. The molecule has 1 amide bonds. The molecule has 0 radical (unpaired) electrons. The van der Waals surface area contributed by atoms with E-state index in [1.165, 1.54) is 6.07 Å². The van der Waals surface area contributed by atoms with Gasteiger partial charge in [0.1, 0.15) is 5.75 Å². The molecular formula is C26H25F2N3O2. The van der Waals surface area contributed by atoms with Gasteiger partial charge in [-0.25, -0.2) is 0 Å². The van der Waals surface area contributed by atoms with Crippen LogP contribution in [0.4, 0.5) is 8.78 Å². The number of fused-ring (bicyclic) bond motifs is 1. The molecule has 3 aromatic rings. The van der Waals surface area contributed by atoms with Crippen LogP contribution in [-0.4, -0.2) is 24.8 Å². The van der Waals surface area contributed by atoms with Crippen molar-refractivity contribution in [3.63, 3.8) is 0 Å². The molecule has 0 spiro atoms. The van der Waals surface area contributed by atoms with Crippen LogP contribution in [-0.2, 0) is 6.54 Å². The number of ether oxygens (including phenoxy) is 1. The summed E-state index contributed by atoms with van der Waals surface area (Å²) in [5.41, 5.74) is 12.5. The summed E-state index contributed by atoms with van der Waals surface area (Å²) in [5, 5.41) is 2.86. The SMILES string of the molecule is CC1=NCc2ccc(-c3ccc(OC(F)F)c(C(=O)NC(CN)c4cccc(C)c4)c3)cc21. The molecule has 3 aromatic carbocycles. The molecule has 7 heteroatoms. The van der Waals surface area contributed by atoms with Gasteiger partial charge in [0.15, 0.2) is 0 Å². The third-order valence-corrected chi connectivity index (χ3v) is 5.75. The second-order valence-corrected chi connectivity index (χ2v) is 8.04. The number of nitrogens with two attached hydrogens (primary N) is 1. The molecule has 0 fully saturated rings. The highest BCUT2D eigenvalue weighted by Gasteiger charge is 2.21. The number of rotatable bonds is 7. The zero-order chi connectivity index (χ0) is 23.5. The maximum absolute atomic E-state index is 13.2. The van der Waals surface area contributed by atoms with Gasteiger partial charge in [0.05, 0.1) is 18.2 Å². The Morgan fingerprint density at radius 2 is 1.85 bits per heavy atom. The number of benzene rings is 3. The van der Waals surface area contributed by atoms with Gasteiger partial charge in [-0.3, -0.25) is 9.79 Å². The smallest absolute Gasteiger partial charge is 0.387 e. The van der Waals surface area contributed by atoms with Gasteiger partial charge in [0.25, 0.3) is 5.91 Å². The number of halogens is 2. The summed E-state index contributed by atoms with van der Waals surface area (Å²) < 4.78 is 30.7. The summed E-state index contributed by atoms with van der Waals surface area (Å²) in [4.78, 5) is 17.6. The molecule has 3 N–H and O–H groups in total. The zero-order valence-corrected chi connectivity index (χ0v) is 18.4. The number of nitrogens with one attached hydrogen (secondary N) is 1. The van der Waals surface area contributed by atoms with E-state index in [0.717, 1.165) is 33.5 Å². The van der Waals surface area contributed by atoms with Crippen LogP contribution in [0.25, 0.3) is 11.1 Å². The van der Waals surface area contributed by atoms with Crippen molar-refractivity contribution in [1.29, 1.82) is 0 Å². The minimum Gasteiger partial charge on any atom is -0.434 e. The number of carbonyl (C=O) groups excluding carboxylic acids is 1. The number of alkyl halides is 2. The second-order valence-electron chi connectivity index (χ2n) is 8.04. The number of carbonyl (C=O) groups is 1. The lowest BCUT2D eigenvalue weighted by molar-refractivity contribution is -0.0501. The van der Waals surface area contributed by atoms with Crippen LogP contribution in [0, 0.1) is 6.92 Å². The quantitative estimate of drug-likeness (QED) is 0.532. The summed E-state index contributed by atoms with van der Waals surface area (Å²) in [5.74, 6) is -0.728. The Labute approximate surface area is 191 Å². The molecule has 1 heterocycles. The van der Waals surface area contributed by atoms with E-state index in [4.69, 9.17) is 5.73 Å². The molecule has 1 unspecified atom stereocenters. The van der Waals surface area contributed by atoms with Crippen LogP contribution in [0.15, 0.2) is 65.7 Å². The van der Waals surface area contributed by atoms with Crippen molar-refractivity contribution in [3.8, 4) is 16.9 Å². The van der Waals surface area contributed by atoms with E-state index in [1.807, 2.05) is 56.3 Å². The maximum Gasteiger partial charge on any atom is 0.387 e. The lowest BCUT2D eigenvalue weighted by Crippen LogP contribution is -2.33. The van der Waals surface area contributed by atoms with Crippen LogP contribution in [0.3, 0.4) is 0 Å². The topological polar surface area (TPSA) is 76.7 Å². The zero-order valence-electron chi connectivity index (χ0n) is 18.4. The van der Waals surface area contributed by atoms with E-state index >= 15 is 0 Å². The molecule has 5 nitrogen and oxygen atoms in total. The highest BCUT2D eigenvalue weighted by Crippen LogP contribution is 2.31. The highest BCUT2D eigenvalue weighted by molar-refractivity contribution is 6.03. The monoisotopic (exact) mass is 449 g/mol. The van der Waals surface area contributed by atoms with Gasteiger partial charge >= 0.3 is 6.61 Å². The lowest BCUT2D eigenvalue weighted by atomic mass is 9.96. The van der Waals surface area contributed by atoms with Gasteiger partial charge in [0.2, 0.25) is 0 Å². The van der Waals surface area contributed by atoms with Crippen molar-refractivity contribution in [3.05, 3.63) is 88.5 Å². The van der Waals surface area contributed by atoms with Crippen LogP contribution in [0.5, 0.6) is 5.75 Å². The Hall–Kier alpha value is -3.58. The van der Waals surface area contributed by atoms with Gasteiger partial charge in [-0.15, -0.1) is 0 Å². The predicted molar refractivity (Wildman–Crippen MR) is 125 cm³/mol. The fourth-order valence-electron chi connectivity index (χ4n) is 4.01. The highest BCUT2D eigenvalue weighted by atomic mass is 19.3. The molecule has 170 valence electrons. The largest absolute Gasteiger partial charge is 0.434 e. The first-order chi connectivity index (χ1) is 15.9. The predicted octanol–water partition coefficient (Wildman–Crippen LogP) is 5.02. The first-order valence-corrected chi connectivity index (χ1v) is 10.7. The summed E-state index contributed by atoms with van der Waals surface area (Å²) >= 11 is 0. The average molecular weight is 450 g/mol. The van der Waals surface area contributed by atoms with Gasteiger partial charge in [-0.05, 0) is 54.3 Å². The molecule has 0 bridgehead atoms. The third-order valence-electron chi connectivity index (χ3n) is 5.75. The summed E-state index contributed by atoms with van der Waals surface area (Å²) in [7, 11) is 0. The molecule has 33 heavy (non-hydrogen) atoms. The number of hydrogen-bond donors (Lipinski definition) is 2. The van der Waals surface area contributed by atoms with Crippen LogP contribution >= 0.6 is 0 Å². The standard InChI is InChI=1S/C26H25F2N3O2/c1-15-4-3-5-19(10-15)23(13-29)31-25(32)22-12-18(8-9-24(22)33-26(27)28)17-6-7-20-14-30-16(2)21(20)11-17/h3-12,23,26H,13-14,29H2,1-2H3,(H,31,32). The van der Waals surface area contributed by atoms with Crippen LogP contribution < -0.4 is 15.8 Å². The first-order valence-electron chi connectivity index (χ1n) is 10.7. The molecule has 1 atom stereocenters. The Kier molecular flexibility index (Phi) is 6.51. The minimum atomic E-state index is -3.05. The normalized spacial score (nSPS) is 13.5. The van der Waals surface area contributed by atoms with Crippen LogP contribution in [0.2, 0.25) is 0 Å². The van der Waals surface area contributed by atoms with E-state index < -0.39 is 18.6 Å². The Morgan fingerprint density at radius 1 is 1.09 bits per heavy atom. The average Bonchev–Trinajstić information content (AvgIpc) is 3.17. The third kappa shape index (κ3) is 4.93. The van der Waals surface area contributed by atoms with E-state index in [1.54, 1.807) is 12.1 Å². The second kappa shape index (κ2) is 9.50. The van der Waals surface area contributed by atoms with Crippen LogP contribution in [0.1, 0.15) is 45.6 Å². The van der Waals surface area contributed by atoms with Crippen molar-refractivity contribution in [2.24, 2.45) is 10.7 Å². The van der Waals surface area contributed by atoms with E-state index in [2.05, 4.69) is 15.0 Å². The molecule has 4 rings (SSSR count). The van der Waals surface area contributed by atoms with Gasteiger partial charge in [0, 0.05) is 17.8 Å². The molecular weight excluding hydrogens is 424 g/mol. The number of nitrogens with zero attached hydrogens (tertiary/aromatic N) is 1. The first kappa shape index (κ1) is 22.6. The van der Waals surface area contributed by atoms with E-state index in [0.29, 0.717) is 12.1 Å². The fraction of sp³-hybridized carbons (Fsp3) is 0.231.